The standard InChI is InChI=1S/C35H36ClNO3S.C7H15N/c1-34(2,40)30-9-4-3-7-25(30)13-17-32(41-23-35(18-19-35)22-33(38)39)27-8-5-6-24(20-27)10-15-29-16-12-26-11-14-28(36)21-31(26)37-29;8-7-5-3-1-2-4-6-7/h3-12,14-16,20-21,32,40H,13,17-19,22-23H2,1-2H3,(H,38,39);7H,1-6,8H2/b15-10+;/t32-;/m1./s1. The molecule has 0 amide bonds. The molecule has 0 spiro atoms. The van der Waals surface area contributed by atoms with Crippen LogP contribution in [0.2, 0.25) is 5.02 Å². The molecule has 1 atom stereocenters. The van der Waals surface area contributed by atoms with Crippen LogP contribution in [0.25, 0.3) is 23.1 Å². The number of benzene rings is 3. The van der Waals surface area contributed by atoms with Gasteiger partial charge < -0.3 is 15.9 Å². The number of rotatable bonds is 12. The Bertz CT molecular complexity index is 1720. The van der Waals surface area contributed by atoms with E-state index in [9.17, 15) is 15.0 Å². The number of aliphatic hydroxyl groups is 1. The smallest absolute Gasteiger partial charge is 0.303 e. The van der Waals surface area contributed by atoms with E-state index in [0.717, 1.165) is 64.7 Å². The summed E-state index contributed by atoms with van der Waals surface area (Å²) in [6.07, 6.45) is 16.1. The third-order valence-corrected chi connectivity index (χ3v) is 11.7. The molecule has 0 saturated heterocycles. The van der Waals surface area contributed by atoms with Gasteiger partial charge in [0.25, 0.3) is 0 Å². The van der Waals surface area contributed by atoms with Crippen LogP contribution in [-0.2, 0) is 16.8 Å². The number of carboxylic acids is 1. The molecule has 0 radical (unpaired) electrons. The first-order chi connectivity index (χ1) is 23.5. The van der Waals surface area contributed by atoms with Crippen molar-refractivity contribution in [2.45, 2.75) is 101 Å². The topological polar surface area (TPSA) is 96.4 Å². The van der Waals surface area contributed by atoms with Crippen molar-refractivity contribution in [2.75, 3.05) is 5.75 Å². The Morgan fingerprint density at radius 3 is 2.45 bits per heavy atom. The molecular formula is C42H51ClN2O3S. The van der Waals surface area contributed by atoms with Gasteiger partial charge >= 0.3 is 5.97 Å². The van der Waals surface area contributed by atoms with Gasteiger partial charge in [-0.15, -0.1) is 0 Å². The number of aliphatic carboxylic acids is 1. The Morgan fingerprint density at radius 2 is 1.73 bits per heavy atom. The van der Waals surface area contributed by atoms with Gasteiger partial charge in [0.2, 0.25) is 0 Å². The molecule has 2 fully saturated rings. The van der Waals surface area contributed by atoms with Crippen molar-refractivity contribution in [3.8, 4) is 0 Å². The minimum Gasteiger partial charge on any atom is -0.481 e. The van der Waals surface area contributed by atoms with Gasteiger partial charge in [-0.2, -0.15) is 11.8 Å². The van der Waals surface area contributed by atoms with Crippen LogP contribution in [0, 0.1) is 5.41 Å². The summed E-state index contributed by atoms with van der Waals surface area (Å²) >= 11 is 8.04. The fourth-order valence-electron chi connectivity index (χ4n) is 6.67. The predicted molar refractivity (Wildman–Crippen MR) is 207 cm³/mol. The normalized spacial score (nSPS) is 16.9. The zero-order valence-electron chi connectivity index (χ0n) is 28.9. The second-order valence-corrected chi connectivity index (χ2v) is 16.1. The van der Waals surface area contributed by atoms with Gasteiger partial charge in [-0.05, 0) is 104 Å². The number of thioether (sulfide) groups is 1. The molecule has 2 aliphatic rings. The first kappa shape index (κ1) is 37.1. The summed E-state index contributed by atoms with van der Waals surface area (Å²) in [5.74, 6) is 0.122. The van der Waals surface area contributed by atoms with E-state index in [-0.39, 0.29) is 17.1 Å². The Kier molecular flexibility index (Phi) is 13.0. The van der Waals surface area contributed by atoms with Crippen molar-refractivity contribution in [1.29, 1.82) is 0 Å². The van der Waals surface area contributed by atoms with E-state index < -0.39 is 11.6 Å². The summed E-state index contributed by atoms with van der Waals surface area (Å²) in [5, 5.41) is 22.1. The average Bonchev–Trinajstić information content (AvgIpc) is 3.87. The molecule has 7 heteroatoms. The van der Waals surface area contributed by atoms with Crippen LogP contribution in [0.3, 0.4) is 0 Å². The number of hydrogen-bond acceptors (Lipinski definition) is 5. The fraction of sp³-hybridized carbons (Fsp3) is 0.429. The molecule has 0 unspecified atom stereocenters. The highest BCUT2D eigenvalue weighted by Crippen LogP contribution is 2.53. The van der Waals surface area contributed by atoms with Crippen LogP contribution in [0.1, 0.15) is 111 Å². The van der Waals surface area contributed by atoms with Crippen LogP contribution in [0.15, 0.2) is 78.9 Å². The van der Waals surface area contributed by atoms with E-state index in [2.05, 4.69) is 42.5 Å². The molecule has 260 valence electrons. The molecule has 0 bridgehead atoms. The number of nitrogens with zero attached hydrogens (tertiary/aromatic N) is 1. The zero-order chi connectivity index (χ0) is 34.9. The SMILES string of the molecule is CC(C)(O)c1ccccc1CC[C@@H](SCC1(CC(=O)O)CC1)c1cccc(/C=C/c2ccc3ccc(Cl)cc3n2)c1.NC1CCCCCC1. The number of nitrogens with two attached hydrogens (primary N) is 1. The molecule has 5 nitrogen and oxygen atoms in total. The van der Waals surface area contributed by atoms with Crippen molar-refractivity contribution < 1.29 is 15.0 Å². The Hall–Kier alpha value is -3.16. The van der Waals surface area contributed by atoms with E-state index in [1.54, 1.807) is 0 Å². The molecule has 2 saturated carbocycles. The number of aromatic nitrogens is 1. The van der Waals surface area contributed by atoms with Crippen molar-refractivity contribution in [1.82, 2.24) is 4.98 Å². The molecule has 49 heavy (non-hydrogen) atoms. The van der Waals surface area contributed by atoms with E-state index in [4.69, 9.17) is 22.3 Å². The molecule has 1 aromatic heterocycles. The number of fused-ring (bicyclic) bond motifs is 1. The van der Waals surface area contributed by atoms with Gasteiger partial charge in [-0.25, -0.2) is 4.98 Å². The van der Waals surface area contributed by atoms with Gasteiger partial charge in [-0.1, -0.05) is 104 Å². The van der Waals surface area contributed by atoms with Crippen LogP contribution < -0.4 is 5.73 Å². The van der Waals surface area contributed by atoms with Crippen molar-refractivity contribution in [3.63, 3.8) is 0 Å². The van der Waals surface area contributed by atoms with E-state index in [0.29, 0.717) is 11.1 Å². The second-order valence-electron chi connectivity index (χ2n) is 14.5. The maximum Gasteiger partial charge on any atom is 0.303 e. The molecule has 3 aromatic carbocycles. The molecule has 4 N–H and O–H groups in total. The van der Waals surface area contributed by atoms with Crippen LogP contribution >= 0.6 is 23.4 Å². The number of carboxylic acid groups (broad SMARTS) is 1. The lowest BCUT2D eigenvalue weighted by Gasteiger charge is -2.24. The molecule has 4 aromatic rings. The number of hydrogen-bond donors (Lipinski definition) is 3. The summed E-state index contributed by atoms with van der Waals surface area (Å²) in [7, 11) is 0. The second kappa shape index (κ2) is 17.2. The third kappa shape index (κ3) is 11.4. The van der Waals surface area contributed by atoms with E-state index >= 15 is 0 Å². The highest BCUT2D eigenvalue weighted by Gasteiger charge is 2.44. The first-order valence-electron chi connectivity index (χ1n) is 17.7. The first-order valence-corrected chi connectivity index (χ1v) is 19.2. The summed E-state index contributed by atoms with van der Waals surface area (Å²) in [4.78, 5) is 16.2. The zero-order valence-corrected chi connectivity index (χ0v) is 30.5. The Balaban J connectivity index is 0.000000514. The van der Waals surface area contributed by atoms with Crippen molar-refractivity contribution in [3.05, 3.63) is 112 Å². The molecule has 6 rings (SSSR count). The lowest BCUT2D eigenvalue weighted by Crippen LogP contribution is -2.18. The summed E-state index contributed by atoms with van der Waals surface area (Å²) in [6, 6.07) is 27.0. The predicted octanol–water partition coefficient (Wildman–Crippen LogP) is 10.6. The van der Waals surface area contributed by atoms with Gasteiger partial charge in [-0.3, -0.25) is 4.79 Å². The lowest BCUT2D eigenvalue weighted by molar-refractivity contribution is -0.138. The van der Waals surface area contributed by atoms with Gasteiger partial charge in [0, 0.05) is 27.5 Å². The molecule has 2 aliphatic carbocycles. The highest BCUT2D eigenvalue weighted by molar-refractivity contribution is 7.99. The summed E-state index contributed by atoms with van der Waals surface area (Å²) in [5.41, 5.74) is 10.9. The Morgan fingerprint density at radius 1 is 1.00 bits per heavy atom. The Labute approximate surface area is 301 Å². The summed E-state index contributed by atoms with van der Waals surface area (Å²) < 4.78 is 0. The maximum atomic E-state index is 11.5. The minimum absolute atomic E-state index is 0.0814. The number of halogens is 1. The van der Waals surface area contributed by atoms with Crippen LogP contribution in [0.4, 0.5) is 0 Å². The minimum atomic E-state index is -0.911. The fourth-order valence-corrected chi connectivity index (χ4v) is 8.40. The van der Waals surface area contributed by atoms with Gasteiger partial charge in [0.05, 0.1) is 23.2 Å². The number of aryl methyl sites for hydroxylation is 1. The van der Waals surface area contributed by atoms with E-state index in [1.165, 1.54) is 44.1 Å². The number of carbonyl (C=O) groups is 1. The summed E-state index contributed by atoms with van der Waals surface area (Å²) in [6.45, 7) is 3.66. The number of pyridine rings is 1. The van der Waals surface area contributed by atoms with Crippen LogP contribution in [0.5, 0.6) is 0 Å². The molecule has 0 aliphatic heterocycles. The van der Waals surface area contributed by atoms with Gasteiger partial charge in [0.1, 0.15) is 0 Å². The third-order valence-electron chi connectivity index (χ3n) is 9.73. The molecule has 1 heterocycles. The quantitative estimate of drug-likeness (QED) is 0.127. The van der Waals surface area contributed by atoms with Crippen LogP contribution in [-0.4, -0.2) is 33.0 Å². The monoisotopic (exact) mass is 698 g/mol. The van der Waals surface area contributed by atoms with Crippen molar-refractivity contribution in [2.24, 2.45) is 11.1 Å². The highest BCUT2D eigenvalue weighted by atomic mass is 35.5. The largest absolute Gasteiger partial charge is 0.481 e. The average molecular weight is 699 g/mol. The maximum absolute atomic E-state index is 11.5. The molecular weight excluding hydrogens is 648 g/mol. The lowest BCUT2D eigenvalue weighted by atomic mass is 9.90. The van der Waals surface area contributed by atoms with E-state index in [1.807, 2.05) is 74.1 Å². The van der Waals surface area contributed by atoms with Crippen molar-refractivity contribution >= 4 is 52.4 Å². The van der Waals surface area contributed by atoms with Gasteiger partial charge in [0.15, 0.2) is 0 Å².